The van der Waals surface area contributed by atoms with E-state index in [1.54, 1.807) is 37.3 Å². The highest BCUT2D eigenvalue weighted by atomic mass is 16.6. The number of nitrogen functional groups attached to an aromatic ring is 1. The number of nitrogens with one attached hydrogen (secondary N) is 1. The van der Waals surface area contributed by atoms with Crippen LogP contribution in [0.1, 0.15) is 29.9 Å². The zero-order valence-electron chi connectivity index (χ0n) is 18.6. The first-order valence-electron chi connectivity index (χ1n) is 10.3. The van der Waals surface area contributed by atoms with Crippen molar-refractivity contribution in [3.05, 3.63) is 69.9 Å². The van der Waals surface area contributed by atoms with Crippen LogP contribution in [0.5, 0.6) is 5.75 Å². The van der Waals surface area contributed by atoms with Crippen LogP contribution in [0, 0.1) is 10.1 Å². The number of hydrogen-bond donors (Lipinski definition) is 2. The Bertz CT molecular complexity index is 1430. The van der Waals surface area contributed by atoms with Crippen molar-refractivity contribution in [1.29, 1.82) is 0 Å². The van der Waals surface area contributed by atoms with E-state index < -0.39 is 10.8 Å². The Kier molecular flexibility index (Phi) is 6.44. The number of benzene rings is 2. The molecule has 0 fully saturated rings. The van der Waals surface area contributed by atoms with Crippen LogP contribution < -0.4 is 15.9 Å². The Morgan fingerprint density at radius 1 is 1.26 bits per heavy atom. The molecule has 4 rings (SSSR count). The van der Waals surface area contributed by atoms with Crippen molar-refractivity contribution >= 4 is 23.1 Å². The van der Waals surface area contributed by atoms with Crippen LogP contribution >= 0.6 is 0 Å². The summed E-state index contributed by atoms with van der Waals surface area (Å²) >= 11 is 0. The number of rotatable bonds is 8. The van der Waals surface area contributed by atoms with Crippen LogP contribution in [0.15, 0.2) is 58.3 Å². The zero-order valence-corrected chi connectivity index (χ0v) is 18.6. The summed E-state index contributed by atoms with van der Waals surface area (Å²) in [4.78, 5) is 23.6. The molecule has 4 aromatic rings. The number of nitrogens with two attached hydrogens (primary N) is 1. The van der Waals surface area contributed by atoms with E-state index in [0.29, 0.717) is 29.2 Å². The van der Waals surface area contributed by atoms with Gasteiger partial charge in [-0.3, -0.25) is 14.9 Å². The normalized spacial score (nSPS) is 11.3. The summed E-state index contributed by atoms with van der Waals surface area (Å²) in [6.07, 6.45) is 0. The largest absolute Gasteiger partial charge is 0.494 e. The van der Waals surface area contributed by atoms with E-state index in [0.717, 1.165) is 0 Å². The highest BCUT2D eigenvalue weighted by molar-refractivity contribution is 6.02. The Balaban J connectivity index is 1.71. The van der Waals surface area contributed by atoms with Crippen molar-refractivity contribution in [3.63, 3.8) is 0 Å². The predicted octanol–water partition coefficient (Wildman–Crippen LogP) is 2.36. The molecule has 3 N–H and O–H groups in total. The summed E-state index contributed by atoms with van der Waals surface area (Å²) in [6, 6.07) is 12.8. The van der Waals surface area contributed by atoms with Crippen molar-refractivity contribution in [3.8, 4) is 22.8 Å². The second-order valence-electron chi connectivity index (χ2n) is 7.08. The Morgan fingerprint density at radius 3 is 2.77 bits per heavy atom. The number of nitro groups is 1. The fraction of sp³-hybridized carbons (Fsp3) is 0.143. The number of nitrogens with zero attached hydrogens (tertiary/aromatic N) is 7. The van der Waals surface area contributed by atoms with Crippen LogP contribution in [-0.2, 0) is 0 Å². The summed E-state index contributed by atoms with van der Waals surface area (Å²) in [5.41, 5.74) is 9.65. The average Bonchev–Trinajstić information content (AvgIpc) is 3.48. The number of aromatic nitrogens is 5. The molecule has 1 amide bonds. The molecule has 178 valence electrons. The molecule has 2 aromatic heterocycles. The minimum absolute atomic E-state index is 0.0460. The van der Waals surface area contributed by atoms with Crippen molar-refractivity contribution in [2.45, 2.75) is 13.8 Å². The van der Waals surface area contributed by atoms with E-state index in [2.05, 4.69) is 35.8 Å². The molecular weight excluding hydrogens is 458 g/mol. The second-order valence-corrected chi connectivity index (χ2v) is 7.08. The molecule has 0 aliphatic rings. The molecule has 0 atom stereocenters. The van der Waals surface area contributed by atoms with Gasteiger partial charge in [0.25, 0.3) is 11.6 Å². The molecular formula is C21H19N9O5. The van der Waals surface area contributed by atoms with Crippen LogP contribution in [0.4, 0.5) is 11.5 Å². The first kappa shape index (κ1) is 23.0. The molecule has 0 bridgehead atoms. The maximum atomic E-state index is 13.1. The minimum Gasteiger partial charge on any atom is -0.494 e. The molecule has 0 aliphatic heterocycles. The van der Waals surface area contributed by atoms with E-state index in [9.17, 15) is 14.9 Å². The standard InChI is InChI=1S/C21H19N9O5/c1-3-34-16-9-5-7-14(11-16)18-17(24-28-29(18)20-19(22)26-35-27-20)21(31)25-23-12(2)13-6-4-8-15(10-13)30(32)33/h4-11H,3H2,1-2H3,(H2,22,26)(H,25,31)/b23-12-. The highest BCUT2D eigenvalue weighted by Gasteiger charge is 2.25. The molecule has 14 nitrogen and oxygen atoms in total. The third-order valence-electron chi connectivity index (χ3n) is 4.80. The molecule has 2 aromatic carbocycles. The van der Waals surface area contributed by atoms with Crippen LogP contribution in [-0.4, -0.2) is 48.5 Å². The number of anilines is 1. The van der Waals surface area contributed by atoms with Gasteiger partial charge in [0.05, 0.1) is 17.2 Å². The van der Waals surface area contributed by atoms with E-state index in [1.807, 2.05) is 6.92 Å². The molecule has 35 heavy (non-hydrogen) atoms. The zero-order chi connectivity index (χ0) is 24.9. The lowest BCUT2D eigenvalue weighted by Crippen LogP contribution is -2.21. The van der Waals surface area contributed by atoms with Crippen LogP contribution in [0.2, 0.25) is 0 Å². The molecule has 0 radical (unpaired) electrons. The maximum absolute atomic E-state index is 13.1. The minimum atomic E-state index is -0.687. The maximum Gasteiger partial charge on any atom is 0.294 e. The number of non-ortho nitro benzene ring substituents is 1. The monoisotopic (exact) mass is 477 g/mol. The fourth-order valence-corrected chi connectivity index (χ4v) is 3.18. The van der Waals surface area contributed by atoms with Gasteiger partial charge in [-0.05, 0) is 36.3 Å². The molecule has 0 unspecified atom stereocenters. The lowest BCUT2D eigenvalue weighted by molar-refractivity contribution is -0.384. The summed E-state index contributed by atoms with van der Waals surface area (Å²) in [6.45, 7) is 3.89. The first-order chi connectivity index (χ1) is 16.9. The highest BCUT2D eigenvalue weighted by Crippen LogP contribution is 2.29. The molecule has 14 heteroatoms. The van der Waals surface area contributed by atoms with Crippen LogP contribution in [0.3, 0.4) is 0 Å². The van der Waals surface area contributed by atoms with Gasteiger partial charge in [0.15, 0.2) is 5.69 Å². The topological polar surface area (TPSA) is 189 Å². The Morgan fingerprint density at radius 2 is 2.06 bits per heavy atom. The fourth-order valence-electron chi connectivity index (χ4n) is 3.18. The summed E-state index contributed by atoms with van der Waals surface area (Å²) < 4.78 is 11.5. The average molecular weight is 477 g/mol. The van der Waals surface area contributed by atoms with Crippen molar-refractivity contribution < 1.29 is 19.1 Å². The van der Waals surface area contributed by atoms with Crippen molar-refractivity contribution in [1.82, 2.24) is 30.7 Å². The third kappa shape index (κ3) is 4.80. The third-order valence-corrected chi connectivity index (χ3v) is 4.80. The Hall–Kier alpha value is -5.14. The number of ether oxygens (including phenoxy) is 1. The number of carbonyl (C=O) groups is 1. The Labute approximate surface area is 197 Å². The summed E-state index contributed by atoms with van der Waals surface area (Å²) in [5, 5.41) is 30.4. The predicted molar refractivity (Wildman–Crippen MR) is 123 cm³/mol. The smallest absolute Gasteiger partial charge is 0.294 e. The van der Waals surface area contributed by atoms with Crippen molar-refractivity contribution in [2.75, 3.05) is 12.3 Å². The lowest BCUT2D eigenvalue weighted by atomic mass is 10.1. The van der Waals surface area contributed by atoms with Gasteiger partial charge in [0.2, 0.25) is 11.6 Å². The number of hydrazone groups is 1. The number of hydrogen-bond acceptors (Lipinski definition) is 11. The van der Waals surface area contributed by atoms with E-state index in [-0.39, 0.29) is 28.7 Å². The lowest BCUT2D eigenvalue weighted by Gasteiger charge is -2.08. The quantitative estimate of drug-likeness (QED) is 0.216. The summed E-state index contributed by atoms with van der Waals surface area (Å²) in [5.74, 6) is -0.129. The van der Waals surface area contributed by atoms with Gasteiger partial charge in [-0.1, -0.05) is 29.5 Å². The summed E-state index contributed by atoms with van der Waals surface area (Å²) in [7, 11) is 0. The van der Waals surface area contributed by atoms with Gasteiger partial charge < -0.3 is 10.5 Å². The molecule has 2 heterocycles. The van der Waals surface area contributed by atoms with Gasteiger partial charge in [0, 0.05) is 23.3 Å². The number of amides is 1. The van der Waals surface area contributed by atoms with Gasteiger partial charge in [-0.25, -0.2) is 10.1 Å². The van der Waals surface area contributed by atoms with E-state index in [1.165, 1.54) is 22.9 Å². The van der Waals surface area contributed by atoms with Crippen LogP contribution in [0.25, 0.3) is 17.1 Å². The first-order valence-corrected chi connectivity index (χ1v) is 10.3. The molecule has 0 aliphatic carbocycles. The second kappa shape index (κ2) is 9.78. The number of nitro benzene ring substituents is 1. The van der Waals surface area contributed by atoms with Gasteiger partial charge >= 0.3 is 0 Å². The number of carbonyl (C=O) groups excluding carboxylic acids is 1. The molecule has 0 saturated heterocycles. The van der Waals surface area contributed by atoms with E-state index >= 15 is 0 Å². The van der Waals surface area contributed by atoms with Gasteiger partial charge in [-0.2, -0.15) is 9.78 Å². The van der Waals surface area contributed by atoms with Gasteiger partial charge in [0.1, 0.15) is 11.4 Å². The van der Waals surface area contributed by atoms with Gasteiger partial charge in [-0.15, -0.1) is 5.10 Å². The van der Waals surface area contributed by atoms with Crippen molar-refractivity contribution in [2.24, 2.45) is 5.10 Å². The van der Waals surface area contributed by atoms with E-state index in [4.69, 9.17) is 10.5 Å². The molecule has 0 saturated carbocycles. The SMILES string of the molecule is CCOc1cccc(-c2c(C(=O)N/N=C(/C)c3cccc([N+](=O)[O-])c3)nnn2-c2nonc2N)c1. The molecule has 0 spiro atoms.